The monoisotopic (exact) mass is 2020 g/mol. The van der Waals surface area contributed by atoms with Crippen molar-refractivity contribution < 1.29 is 97.1 Å². The number of aliphatic imine (C=N–C) groups is 1. The normalized spacial score (nSPS) is 13.1. The summed E-state index contributed by atoms with van der Waals surface area (Å²) in [6.07, 6.45) is 11.4. The second-order valence-electron chi connectivity index (χ2n) is 41.8. The smallest absolute Gasteiger partial charge is 0.373 e. The molecular weight excluding hydrogens is 1800 g/mol. The van der Waals surface area contributed by atoms with E-state index in [0.717, 1.165) is 70.9 Å². The molecule has 836 valence electrons. The lowest BCUT2D eigenvalue weighted by molar-refractivity contribution is -0.193. The van der Waals surface area contributed by atoms with Crippen molar-refractivity contribution in [3.05, 3.63) is 0 Å². The predicted octanol–water partition coefficient (Wildman–Crippen LogP) is 14.6. The summed E-state index contributed by atoms with van der Waals surface area (Å²) in [6, 6.07) is 1.51. The second-order valence-corrected chi connectivity index (χ2v) is 41.8. The molecule has 0 aliphatic carbocycles. The van der Waals surface area contributed by atoms with E-state index in [-0.39, 0.29) is 174 Å². The van der Waals surface area contributed by atoms with Gasteiger partial charge in [0.25, 0.3) is 0 Å². The van der Waals surface area contributed by atoms with E-state index in [1.165, 1.54) is 12.8 Å². The molecule has 0 aromatic heterocycles. The van der Waals surface area contributed by atoms with E-state index in [0.29, 0.717) is 96.9 Å². The van der Waals surface area contributed by atoms with Crippen LogP contribution in [0.4, 0.5) is 0 Å². The van der Waals surface area contributed by atoms with Crippen LogP contribution in [-0.4, -0.2) is 256 Å². The SMILES string of the molecule is CC(C)NC(C(=O)C(C)C)C(C)O.CC(C)NC(CC(=O)O)C(=O)C(C)C.CC(C)NC(CCC(=O)O)C(=O)C(C)C.CC(C)NC(CCCN)C(=O)C(C)C.CC(C)NC(CO)C(=O)C(C)C.CC(C)NCCC(=O)C(C)C.CC(C)NCCCC(=O)C(C)C.CC(N)=NCCCC(NC(C)C)C(=O)C(C)C.CCC(NC(C)C)C(=O)C(C)C.CCCCCC(NC(C)C)C(=O)C(C)C.O=C=O.O=C=O. The third kappa shape index (κ3) is 112. The van der Waals surface area contributed by atoms with E-state index in [9.17, 15) is 62.6 Å². The van der Waals surface area contributed by atoms with Crippen molar-refractivity contribution in [3.63, 3.8) is 0 Å². The highest BCUT2D eigenvalue weighted by Gasteiger charge is 2.30. The summed E-state index contributed by atoms with van der Waals surface area (Å²) in [4.78, 5) is 173. The number of ketones is 10. The minimum Gasteiger partial charge on any atom is -0.481 e. The number of rotatable bonds is 62. The topological polar surface area (TPSA) is 539 Å². The number of carboxylic acids is 2. The van der Waals surface area contributed by atoms with Gasteiger partial charge in [0.2, 0.25) is 0 Å². The van der Waals surface area contributed by atoms with Gasteiger partial charge in [-0.1, -0.05) is 310 Å². The molecule has 9 atom stereocenters. The Labute approximate surface area is 858 Å². The van der Waals surface area contributed by atoms with E-state index in [4.69, 9.17) is 46.0 Å². The number of carbonyl (C=O) groups excluding carboxylic acids is 14. The third-order valence-electron chi connectivity index (χ3n) is 19.8. The van der Waals surface area contributed by atoms with E-state index in [1.54, 1.807) is 27.7 Å². The van der Waals surface area contributed by atoms with Crippen molar-refractivity contribution in [2.24, 2.45) is 75.6 Å². The van der Waals surface area contributed by atoms with Gasteiger partial charge in [-0.15, -0.1) is 0 Å². The van der Waals surface area contributed by atoms with Gasteiger partial charge in [-0.05, 0) is 78.3 Å². The average Bonchev–Trinajstić information content (AvgIpc) is 0.883. The zero-order valence-electron chi connectivity index (χ0n) is 97.3. The highest BCUT2D eigenvalue weighted by molar-refractivity contribution is 5.90. The van der Waals surface area contributed by atoms with Gasteiger partial charge in [0, 0.05) is 152 Å². The number of nitrogens with two attached hydrogens (primary N) is 2. The fraction of sp³-hybridized carbons (Fsp3) is 0.861. The molecule has 0 bridgehead atoms. The number of Topliss-reactive ketones (excluding diaryl/α,β-unsaturated/α-hetero) is 10. The van der Waals surface area contributed by atoms with Crippen LogP contribution >= 0.6 is 0 Å². The average molecular weight is 2020 g/mol. The highest BCUT2D eigenvalue weighted by Crippen LogP contribution is 2.15. The molecule has 0 radical (unpaired) electrons. The Kier molecular flexibility index (Phi) is 114. The molecule has 9 unspecified atom stereocenters. The van der Waals surface area contributed by atoms with Gasteiger partial charge >= 0.3 is 24.2 Å². The van der Waals surface area contributed by atoms with Crippen molar-refractivity contribution in [1.29, 1.82) is 0 Å². The number of amidine groups is 1. The largest absolute Gasteiger partial charge is 0.481 e. The van der Waals surface area contributed by atoms with Gasteiger partial charge in [-0.2, -0.15) is 19.2 Å². The highest BCUT2D eigenvalue weighted by atomic mass is 16.4. The summed E-state index contributed by atoms with van der Waals surface area (Å²) in [5, 5.41) is 67.4. The fourth-order valence-electron chi connectivity index (χ4n) is 12.5. The summed E-state index contributed by atoms with van der Waals surface area (Å²) in [5.41, 5.74) is 10.9. The van der Waals surface area contributed by atoms with Crippen LogP contribution in [0.2, 0.25) is 0 Å². The van der Waals surface area contributed by atoms with Crippen LogP contribution in [0.1, 0.15) is 401 Å². The first-order chi connectivity index (χ1) is 64.7. The number of aliphatic carboxylic acids is 2. The molecule has 0 saturated heterocycles. The molecule has 0 fully saturated rings. The standard InChI is InChI=1S/C13H27N3O.C13H27NO.C11H24N2O.C11H21NO3.C10H19NO3.C10H21NO2.2C10H21NO.C9H19NO2.C9H19NO.2CO2/c1-9(2)13(17)12(16-10(3)4)7-6-8-15-11(5)14;1-6-7-8-9-12(14-11(4)5)13(15)10(2)3;1-8(2)11(14)10(6-5-7-12)13-9(3)4;1-7(2)11(15)9(12-8(3)4)5-6-10(13)14;1-6(2)10(14)8(5-9(12)13)11-7(3)4;1-6(2)10(13)9(8(5)12)11-7(3)4;1-8(2)10(12)6-5-7-11-9(3)4;1-6-9(11-8(4)5)10(12)7(2)3;1-6(2)9(12)8(5-11)10-7(3)4;1-7(2)9(11)5-6-10-8(3)4;2*2-1-3/h9-10,12,16H,6-8H2,1-5H3,(H2,14,15);10-12,14H,6-9H2,1-5H3;8-10,13H,5-7,12H2,1-4H3;7-9,12H,5-6H2,1-4H3,(H,13,14);6-8,11H,5H2,1-4H3,(H,12,13);6-9,11-12H,1-5H3;8-9,11H,5-7H2,1-4H3;7-9,11H,6H2,1-5H3;6-8,10-11H,5H2,1-4H3;7-8,10H,5-6H2,1-4H3;;. The van der Waals surface area contributed by atoms with Gasteiger partial charge in [-0.25, -0.2) is 0 Å². The first kappa shape index (κ1) is 160. The molecule has 0 saturated carbocycles. The summed E-state index contributed by atoms with van der Waals surface area (Å²) in [7, 11) is 0. The van der Waals surface area contributed by atoms with Crippen molar-refractivity contribution in [1.82, 2.24) is 53.2 Å². The van der Waals surface area contributed by atoms with Crippen LogP contribution in [0.15, 0.2) is 4.99 Å². The molecule has 141 heavy (non-hydrogen) atoms. The van der Waals surface area contributed by atoms with Gasteiger partial charge in [0.05, 0.1) is 73.3 Å². The molecule has 0 aromatic carbocycles. The molecule has 0 spiro atoms. The number of nitrogens with one attached hydrogen (secondary N) is 10. The molecule has 18 N–H and O–H groups in total. The first-order valence-electron chi connectivity index (χ1n) is 52.3. The minimum absolute atomic E-state index is 0.0152. The van der Waals surface area contributed by atoms with E-state index in [1.807, 2.05) is 187 Å². The summed E-state index contributed by atoms with van der Waals surface area (Å²) < 4.78 is 0. The quantitative estimate of drug-likeness (QED) is 0.0153. The van der Waals surface area contributed by atoms with E-state index >= 15 is 0 Å². The number of nitrogens with zero attached hydrogens (tertiary/aromatic N) is 1. The molecule has 0 rings (SSSR count). The molecule has 0 amide bonds. The first-order valence-corrected chi connectivity index (χ1v) is 52.3. The number of aliphatic hydroxyl groups excluding tert-OH is 2. The maximum atomic E-state index is 12.0. The minimum atomic E-state index is -0.947. The Balaban J connectivity index is -0.000000130. The molecule has 0 heterocycles. The summed E-state index contributed by atoms with van der Waals surface area (Å²) in [6.45, 7) is 89.2. The Hall–Kier alpha value is -6.65. The zero-order valence-corrected chi connectivity index (χ0v) is 97.3. The number of carboxylic acid groups (broad SMARTS) is 2. The van der Waals surface area contributed by atoms with Crippen LogP contribution in [0, 0.1) is 59.2 Å². The zero-order chi connectivity index (χ0) is 114. The van der Waals surface area contributed by atoms with Crippen LogP contribution in [0.5, 0.6) is 0 Å². The van der Waals surface area contributed by atoms with Gasteiger partial charge in [0.1, 0.15) is 11.6 Å². The van der Waals surface area contributed by atoms with Crippen molar-refractivity contribution in [2.45, 2.75) is 516 Å². The number of hydrogen-bond acceptors (Lipinski definition) is 30. The van der Waals surface area contributed by atoms with Crippen molar-refractivity contribution in [2.75, 3.05) is 32.8 Å². The van der Waals surface area contributed by atoms with Crippen LogP contribution in [-0.2, 0) is 76.7 Å². The van der Waals surface area contributed by atoms with Crippen molar-refractivity contribution >= 4 is 87.9 Å². The van der Waals surface area contributed by atoms with Gasteiger partial charge in [-0.3, -0.25) is 62.5 Å². The lowest BCUT2D eigenvalue weighted by Crippen LogP contribution is -2.49. The number of aliphatic hydroxyl groups is 2. The molecule has 0 aliphatic rings. The Morgan fingerprint density at radius 2 is 0.574 bits per heavy atom. The third-order valence-corrected chi connectivity index (χ3v) is 19.8. The molecular formula is C108H219N13O20. The molecule has 33 nitrogen and oxygen atoms in total. The summed E-state index contributed by atoms with van der Waals surface area (Å²) in [5.74, 6) is 1.57. The van der Waals surface area contributed by atoms with Crippen LogP contribution in [0.25, 0.3) is 0 Å². The molecule has 0 aliphatic heterocycles. The second kappa shape index (κ2) is 101. The number of carbonyl (C=O) groups is 12. The Bertz CT molecular complexity index is 3200. The van der Waals surface area contributed by atoms with Gasteiger partial charge < -0.3 is 85.1 Å². The van der Waals surface area contributed by atoms with Crippen molar-refractivity contribution in [3.8, 4) is 0 Å². The van der Waals surface area contributed by atoms with Crippen LogP contribution < -0.4 is 64.6 Å². The molecule has 33 heteroatoms. The Morgan fingerprint density at radius 1 is 0.305 bits per heavy atom. The number of hydrogen-bond donors (Lipinski definition) is 16. The lowest BCUT2D eigenvalue weighted by atomic mass is 9.96. The van der Waals surface area contributed by atoms with Gasteiger partial charge in [0.15, 0.2) is 46.3 Å². The fourth-order valence-corrected chi connectivity index (χ4v) is 12.5. The maximum Gasteiger partial charge on any atom is 0.373 e. The lowest BCUT2D eigenvalue weighted by Gasteiger charge is -2.24. The number of unbranched alkanes of at least 4 members (excludes halogenated alkanes) is 2. The predicted molar refractivity (Wildman–Crippen MR) is 577 cm³/mol. The maximum absolute atomic E-state index is 12.0. The van der Waals surface area contributed by atoms with E-state index in [2.05, 4.69) is 148 Å². The summed E-state index contributed by atoms with van der Waals surface area (Å²) >= 11 is 0. The van der Waals surface area contributed by atoms with Crippen LogP contribution in [0.3, 0.4) is 0 Å². The molecule has 0 aromatic rings. The Morgan fingerprint density at radius 3 is 0.837 bits per heavy atom. The van der Waals surface area contributed by atoms with E-state index < -0.39 is 36.2 Å².